The van der Waals surface area contributed by atoms with E-state index >= 15 is 0 Å². The van der Waals surface area contributed by atoms with Crippen molar-refractivity contribution in [1.29, 1.82) is 0 Å². The summed E-state index contributed by atoms with van der Waals surface area (Å²) < 4.78 is 0. The van der Waals surface area contributed by atoms with Gasteiger partial charge in [-0.25, -0.2) is 0 Å². The van der Waals surface area contributed by atoms with Crippen LogP contribution in [0.25, 0.3) is 6.08 Å². The molecule has 0 saturated carbocycles. The number of benzene rings is 2. The first kappa shape index (κ1) is 19.1. The molecule has 2 aromatic rings. The number of ketones is 1. The highest BCUT2D eigenvalue weighted by Crippen LogP contribution is 2.19. The van der Waals surface area contributed by atoms with Crippen LogP contribution in [0.1, 0.15) is 37.8 Å². The smallest absolute Gasteiger partial charge is 0.269 e. The van der Waals surface area contributed by atoms with Gasteiger partial charge in [0, 0.05) is 17.8 Å². The second-order valence-electron chi connectivity index (χ2n) is 6.19. The molecule has 2 aromatic carbocycles. The van der Waals surface area contributed by atoms with Crippen LogP contribution in [0.15, 0.2) is 54.1 Å². The van der Waals surface area contributed by atoms with Gasteiger partial charge in [-0.2, -0.15) is 0 Å². The fourth-order valence-electron chi connectivity index (χ4n) is 2.34. The van der Waals surface area contributed by atoms with Gasteiger partial charge in [-0.3, -0.25) is 19.7 Å². The zero-order valence-electron chi connectivity index (χ0n) is 14.9. The van der Waals surface area contributed by atoms with E-state index in [-0.39, 0.29) is 17.0 Å². The minimum atomic E-state index is -0.556. The van der Waals surface area contributed by atoms with Gasteiger partial charge in [0.05, 0.1) is 10.5 Å². The van der Waals surface area contributed by atoms with E-state index in [1.54, 1.807) is 0 Å². The molecule has 0 radical (unpaired) electrons. The van der Waals surface area contributed by atoms with E-state index in [9.17, 15) is 19.7 Å². The fourth-order valence-corrected chi connectivity index (χ4v) is 2.34. The lowest BCUT2D eigenvalue weighted by Crippen LogP contribution is -2.18. The molecule has 2 rings (SSSR count). The molecule has 0 unspecified atom stereocenters. The van der Waals surface area contributed by atoms with Gasteiger partial charge in [0.1, 0.15) is 0 Å². The van der Waals surface area contributed by atoms with Crippen molar-refractivity contribution in [3.8, 4) is 0 Å². The summed E-state index contributed by atoms with van der Waals surface area (Å²) in [5, 5.41) is 13.3. The van der Waals surface area contributed by atoms with Gasteiger partial charge in [0.15, 0.2) is 5.78 Å². The third-order valence-corrected chi connectivity index (χ3v) is 3.87. The van der Waals surface area contributed by atoms with Crippen molar-refractivity contribution >= 4 is 29.1 Å². The van der Waals surface area contributed by atoms with E-state index in [2.05, 4.69) is 19.2 Å². The summed E-state index contributed by atoms with van der Waals surface area (Å²) in [5.41, 5.74) is 2.24. The van der Waals surface area contributed by atoms with Crippen molar-refractivity contribution in [1.82, 2.24) is 0 Å². The molecule has 1 amide bonds. The molecule has 0 atom stereocenters. The minimum Gasteiger partial charge on any atom is -0.322 e. The standard InChI is InChI=1S/C20H20N2O4/c1-13(2)16-6-4-15(5-7-16)12-19(14(3)23)20(24)21-17-8-10-18(11-9-17)22(25)26/h4-13H,1-3H3,(H,21,24)/b19-12+. The molecular formula is C20H20N2O4. The molecule has 134 valence electrons. The fraction of sp³-hybridized carbons (Fsp3) is 0.200. The Balaban J connectivity index is 2.21. The summed E-state index contributed by atoms with van der Waals surface area (Å²) in [4.78, 5) is 34.4. The molecule has 6 heteroatoms. The number of Topliss-reactive ketones (excluding diaryl/α,β-unsaturated/α-hetero) is 1. The normalized spacial score (nSPS) is 11.3. The van der Waals surface area contributed by atoms with E-state index < -0.39 is 10.8 Å². The van der Waals surface area contributed by atoms with E-state index in [0.717, 1.165) is 5.56 Å². The monoisotopic (exact) mass is 352 g/mol. The Morgan fingerprint density at radius 3 is 2.08 bits per heavy atom. The number of nitro benzene ring substituents is 1. The highest BCUT2D eigenvalue weighted by Gasteiger charge is 2.15. The number of nitro groups is 1. The number of non-ortho nitro benzene ring substituents is 1. The quantitative estimate of drug-likeness (QED) is 0.275. The SMILES string of the molecule is CC(=O)/C(=C\c1ccc(C(C)C)cc1)C(=O)Nc1ccc([N+](=O)[O-])cc1. The zero-order chi connectivity index (χ0) is 19.3. The van der Waals surface area contributed by atoms with E-state index in [1.807, 2.05) is 24.3 Å². The summed E-state index contributed by atoms with van der Waals surface area (Å²) in [6.07, 6.45) is 1.53. The number of carbonyl (C=O) groups is 2. The van der Waals surface area contributed by atoms with Crippen molar-refractivity contribution in [3.63, 3.8) is 0 Å². The molecule has 1 N–H and O–H groups in total. The van der Waals surface area contributed by atoms with Gasteiger partial charge >= 0.3 is 0 Å². The Labute approximate surface area is 151 Å². The van der Waals surface area contributed by atoms with E-state index in [0.29, 0.717) is 11.6 Å². The van der Waals surface area contributed by atoms with Gasteiger partial charge in [0.2, 0.25) is 0 Å². The van der Waals surface area contributed by atoms with Crippen LogP contribution >= 0.6 is 0 Å². The van der Waals surface area contributed by atoms with Crippen LogP contribution < -0.4 is 5.32 Å². The number of anilines is 1. The Kier molecular flexibility index (Phi) is 6.01. The van der Waals surface area contributed by atoms with Crippen LogP contribution in [-0.4, -0.2) is 16.6 Å². The summed E-state index contributed by atoms with van der Waals surface area (Å²) in [6, 6.07) is 13.1. The number of hydrogen-bond acceptors (Lipinski definition) is 4. The second kappa shape index (κ2) is 8.20. The predicted molar refractivity (Wildman–Crippen MR) is 101 cm³/mol. The van der Waals surface area contributed by atoms with Crippen LogP contribution in [0.5, 0.6) is 0 Å². The maximum atomic E-state index is 12.4. The molecule has 0 aliphatic rings. The Morgan fingerprint density at radius 1 is 1.04 bits per heavy atom. The van der Waals surface area contributed by atoms with Gasteiger partial charge in [-0.05, 0) is 42.2 Å². The lowest BCUT2D eigenvalue weighted by molar-refractivity contribution is -0.384. The third-order valence-electron chi connectivity index (χ3n) is 3.87. The van der Waals surface area contributed by atoms with Crippen molar-refractivity contribution < 1.29 is 14.5 Å². The van der Waals surface area contributed by atoms with Crippen LogP contribution in [0.4, 0.5) is 11.4 Å². The van der Waals surface area contributed by atoms with Crippen molar-refractivity contribution in [2.75, 3.05) is 5.32 Å². The van der Waals surface area contributed by atoms with Crippen LogP contribution in [0.3, 0.4) is 0 Å². The molecule has 6 nitrogen and oxygen atoms in total. The van der Waals surface area contributed by atoms with Crippen molar-refractivity contribution in [3.05, 3.63) is 75.3 Å². The van der Waals surface area contributed by atoms with E-state index in [4.69, 9.17) is 0 Å². The molecule has 0 saturated heterocycles. The molecule has 0 heterocycles. The average molecular weight is 352 g/mol. The minimum absolute atomic E-state index is 0.0145. The lowest BCUT2D eigenvalue weighted by Gasteiger charge is -2.08. The molecule has 0 aliphatic carbocycles. The first-order valence-corrected chi connectivity index (χ1v) is 8.16. The summed E-state index contributed by atoms with van der Waals surface area (Å²) >= 11 is 0. The van der Waals surface area contributed by atoms with Gasteiger partial charge in [-0.15, -0.1) is 0 Å². The average Bonchev–Trinajstić information content (AvgIpc) is 2.60. The van der Waals surface area contributed by atoms with Gasteiger partial charge in [-0.1, -0.05) is 38.1 Å². The summed E-state index contributed by atoms with van der Waals surface area (Å²) in [7, 11) is 0. The molecular weight excluding hydrogens is 332 g/mol. The molecule has 0 fully saturated rings. The summed E-state index contributed by atoms with van der Waals surface area (Å²) in [6.45, 7) is 5.50. The first-order chi connectivity index (χ1) is 12.3. The van der Waals surface area contributed by atoms with Crippen LogP contribution in [-0.2, 0) is 9.59 Å². The maximum Gasteiger partial charge on any atom is 0.269 e. The number of nitrogens with zero attached hydrogens (tertiary/aromatic N) is 1. The van der Waals surface area contributed by atoms with E-state index in [1.165, 1.54) is 42.8 Å². The highest BCUT2D eigenvalue weighted by molar-refractivity contribution is 6.25. The molecule has 0 bridgehead atoms. The Bertz CT molecular complexity index is 850. The maximum absolute atomic E-state index is 12.4. The number of nitrogens with one attached hydrogen (secondary N) is 1. The Hall–Kier alpha value is -3.28. The van der Waals surface area contributed by atoms with Crippen molar-refractivity contribution in [2.24, 2.45) is 0 Å². The number of carbonyl (C=O) groups excluding carboxylic acids is 2. The van der Waals surface area contributed by atoms with Gasteiger partial charge < -0.3 is 5.32 Å². The first-order valence-electron chi connectivity index (χ1n) is 8.16. The Morgan fingerprint density at radius 2 is 1.62 bits per heavy atom. The second-order valence-corrected chi connectivity index (χ2v) is 6.19. The number of amides is 1. The number of rotatable bonds is 6. The molecule has 0 aliphatic heterocycles. The van der Waals surface area contributed by atoms with Crippen LogP contribution in [0.2, 0.25) is 0 Å². The molecule has 0 aromatic heterocycles. The molecule has 0 spiro atoms. The zero-order valence-corrected chi connectivity index (χ0v) is 14.9. The van der Waals surface area contributed by atoms with Gasteiger partial charge in [0.25, 0.3) is 11.6 Å². The van der Waals surface area contributed by atoms with Crippen LogP contribution in [0, 0.1) is 10.1 Å². The predicted octanol–water partition coefficient (Wildman–Crippen LogP) is 4.33. The number of hydrogen-bond donors (Lipinski definition) is 1. The lowest BCUT2D eigenvalue weighted by atomic mass is 10.0. The largest absolute Gasteiger partial charge is 0.322 e. The third kappa shape index (κ3) is 4.86. The molecule has 26 heavy (non-hydrogen) atoms. The van der Waals surface area contributed by atoms with Crippen molar-refractivity contribution in [2.45, 2.75) is 26.7 Å². The summed E-state index contributed by atoms with van der Waals surface area (Å²) in [5.74, 6) is -0.526. The highest BCUT2D eigenvalue weighted by atomic mass is 16.6. The topological polar surface area (TPSA) is 89.3 Å².